The molecule has 1 aromatic rings. The molecule has 0 bridgehead atoms. The highest BCUT2D eigenvalue weighted by molar-refractivity contribution is 5.22. The molecular formula is C28H46. The maximum absolute atomic E-state index is 2.37. The first-order valence-corrected chi connectivity index (χ1v) is 12.9. The molecule has 0 atom stereocenters. The van der Waals surface area contributed by atoms with E-state index in [9.17, 15) is 0 Å². The average Bonchev–Trinajstić information content (AvgIpc) is 2.76. The minimum absolute atomic E-state index is 0.997. The summed E-state index contributed by atoms with van der Waals surface area (Å²) in [5.41, 5.74) is 3.02. The van der Waals surface area contributed by atoms with Crippen LogP contribution in [0.5, 0.6) is 0 Å². The summed E-state index contributed by atoms with van der Waals surface area (Å²) in [6, 6.07) is 9.38. The second-order valence-electron chi connectivity index (χ2n) is 10.1. The maximum Gasteiger partial charge on any atom is -0.0276 e. The average molecular weight is 383 g/mol. The number of rotatable bonds is 10. The molecule has 2 saturated carbocycles. The predicted octanol–water partition coefficient (Wildman–Crippen LogP) is 8.76. The van der Waals surface area contributed by atoms with Crippen LogP contribution in [0, 0.1) is 23.7 Å². The Hall–Kier alpha value is -0.780. The first-order valence-electron chi connectivity index (χ1n) is 12.9. The van der Waals surface area contributed by atoms with Crippen molar-refractivity contribution in [3.05, 3.63) is 35.4 Å². The Morgan fingerprint density at radius 1 is 0.607 bits per heavy atom. The number of benzene rings is 1. The number of aryl methyl sites for hydroxylation is 2. The van der Waals surface area contributed by atoms with Gasteiger partial charge >= 0.3 is 0 Å². The fourth-order valence-corrected chi connectivity index (χ4v) is 6.07. The first kappa shape index (κ1) is 21.9. The van der Waals surface area contributed by atoms with Gasteiger partial charge in [0.2, 0.25) is 0 Å². The van der Waals surface area contributed by atoms with Gasteiger partial charge in [-0.1, -0.05) is 95.9 Å². The smallest absolute Gasteiger partial charge is 0.0276 e. The van der Waals surface area contributed by atoms with Gasteiger partial charge in [0, 0.05) is 0 Å². The lowest BCUT2D eigenvalue weighted by atomic mass is 9.68. The Balaban J connectivity index is 1.30. The van der Waals surface area contributed by atoms with Crippen LogP contribution in [0.4, 0.5) is 0 Å². The summed E-state index contributed by atoms with van der Waals surface area (Å²) in [7, 11) is 0. The second kappa shape index (κ2) is 12.0. The Morgan fingerprint density at radius 3 is 1.68 bits per heavy atom. The van der Waals surface area contributed by atoms with Crippen LogP contribution >= 0.6 is 0 Å². The monoisotopic (exact) mass is 382 g/mol. The lowest BCUT2D eigenvalue weighted by Gasteiger charge is -2.38. The molecule has 0 radical (unpaired) electrons. The van der Waals surface area contributed by atoms with Crippen molar-refractivity contribution in [3.63, 3.8) is 0 Å². The molecule has 0 nitrogen and oxygen atoms in total. The van der Waals surface area contributed by atoms with Gasteiger partial charge in [-0.05, 0) is 79.7 Å². The van der Waals surface area contributed by atoms with Gasteiger partial charge in [-0.2, -0.15) is 0 Å². The lowest BCUT2D eigenvalue weighted by molar-refractivity contribution is 0.140. The lowest BCUT2D eigenvalue weighted by Crippen LogP contribution is -2.26. The van der Waals surface area contributed by atoms with Gasteiger partial charge in [0.15, 0.2) is 0 Å². The van der Waals surface area contributed by atoms with E-state index in [1.165, 1.54) is 76.2 Å². The van der Waals surface area contributed by atoms with Crippen LogP contribution in [-0.4, -0.2) is 0 Å². The summed E-state index contributed by atoms with van der Waals surface area (Å²) in [5, 5.41) is 0. The van der Waals surface area contributed by atoms with Crippen LogP contribution in [0.1, 0.15) is 115 Å². The topological polar surface area (TPSA) is 0 Å². The molecule has 2 aliphatic carbocycles. The van der Waals surface area contributed by atoms with E-state index in [-0.39, 0.29) is 0 Å². The highest BCUT2D eigenvalue weighted by Gasteiger charge is 2.30. The third kappa shape index (κ3) is 6.93. The molecule has 0 heteroatoms. The van der Waals surface area contributed by atoms with E-state index < -0.39 is 0 Å². The summed E-state index contributed by atoms with van der Waals surface area (Å²) in [5.74, 6) is 4.22. The largest absolute Gasteiger partial charge is 0.0654 e. The molecule has 0 heterocycles. The minimum atomic E-state index is 0.997. The molecule has 0 unspecified atom stereocenters. The summed E-state index contributed by atoms with van der Waals surface area (Å²) in [6.45, 7) is 4.57. The highest BCUT2D eigenvalue weighted by Crippen LogP contribution is 2.43. The highest BCUT2D eigenvalue weighted by atomic mass is 14.4. The van der Waals surface area contributed by atoms with Crippen LogP contribution in [-0.2, 0) is 12.8 Å². The summed E-state index contributed by atoms with van der Waals surface area (Å²) in [6.07, 6.45) is 23.5. The quantitative estimate of drug-likeness (QED) is 0.355. The van der Waals surface area contributed by atoms with Crippen molar-refractivity contribution in [2.45, 2.75) is 117 Å². The Labute approximate surface area is 175 Å². The zero-order chi connectivity index (χ0) is 19.6. The van der Waals surface area contributed by atoms with Crippen molar-refractivity contribution in [2.75, 3.05) is 0 Å². The maximum atomic E-state index is 2.37. The summed E-state index contributed by atoms with van der Waals surface area (Å²) >= 11 is 0. The van der Waals surface area contributed by atoms with E-state index in [0.29, 0.717) is 0 Å². The normalized spacial score (nSPS) is 28.4. The van der Waals surface area contributed by atoms with Gasteiger partial charge in [0.05, 0.1) is 0 Å². The van der Waals surface area contributed by atoms with Gasteiger partial charge in [-0.25, -0.2) is 0 Å². The molecule has 28 heavy (non-hydrogen) atoms. The second-order valence-corrected chi connectivity index (χ2v) is 10.1. The van der Waals surface area contributed by atoms with Gasteiger partial charge in [-0.15, -0.1) is 0 Å². The van der Waals surface area contributed by atoms with E-state index in [0.717, 1.165) is 30.1 Å². The fraction of sp³-hybridized carbons (Fsp3) is 0.786. The van der Waals surface area contributed by atoms with Crippen LogP contribution in [0.25, 0.3) is 0 Å². The van der Waals surface area contributed by atoms with E-state index >= 15 is 0 Å². The summed E-state index contributed by atoms with van der Waals surface area (Å²) < 4.78 is 0. The molecule has 0 N–H and O–H groups in total. The van der Waals surface area contributed by atoms with E-state index in [4.69, 9.17) is 0 Å². The Kier molecular flexibility index (Phi) is 9.42. The third-order valence-electron chi connectivity index (χ3n) is 8.19. The van der Waals surface area contributed by atoms with Gasteiger partial charge in [0.25, 0.3) is 0 Å². The van der Waals surface area contributed by atoms with E-state index in [1.54, 1.807) is 31.2 Å². The first-order chi connectivity index (χ1) is 13.8. The predicted molar refractivity (Wildman–Crippen MR) is 124 cm³/mol. The number of unbranched alkanes of at least 4 members (excludes halogenated alkanes) is 3. The number of hydrogen-bond donors (Lipinski definition) is 0. The fourth-order valence-electron chi connectivity index (χ4n) is 6.07. The molecule has 0 saturated heterocycles. The van der Waals surface area contributed by atoms with Crippen molar-refractivity contribution in [3.8, 4) is 0 Å². The third-order valence-corrected chi connectivity index (χ3v) is 8.19. The zero-order valence-electron chi connectivity index (χ0n) is 18.9. The van der Waals surface area contributed by atoms with Crippen LogP contribution in [0.15, 0.2) is 24.3 Å². The van der Waals surface area contributed by atoms with Gasteiger partial charge < -0.3 is 0 Å². The summed E-state index contributed by atoms with van der Waals surface area (Å²) in [4.78, 5) is 0. The molecule has 0 aromatic heterocycles. The van der Waals surface area contributed by atoms with Crippen molar-refractivity contribution in [2.24, 2.45) is 23.7 Å². The molecule has 0 spiro atoms. The standard InChI is InChI=1S/C28H46/c1-3-5-6-7-8-24-15-19-27(20-16-24)28-21-17-26(18-22-28)14-13-25-11-9-23(4-2)10-12-25/h9-12,24,26-28H,3-8,13-22H2,1-2H3/t24-,26-,27-,28-. The van der Waals surface area contributed by atoms with E-state index in [1.807, 2.05) is 0 Å². The van der Waals surface area contributed by atoms with Crippen LogP contribution in [0.3, 0.4) is 0 Å². The minimum Gasteiger partial charge on any atom is -0.0654 e. The number of hydrogen-bond acceptors (Lipinski definition) is 0. The van der Waals surface area contributed by atoms with Crippen LogP contribution < -0.4 is 0 Å². The van der Waals surface area contributed by atoms with Crippen LogP contribution in [0.2, 0.25) is 0 Å². The van der Waals surface area contributed by atoms with Gasteiger partial charge in [0.1, 0.15) is 0 Å². The van der Waals surface area contributed by atoms with Gasteiger partial charge in [-0.3, -0.25) is 0 Å². The molecule has 1 aromatic carbocycles. The molecule has 0 aliphatic heterocycles. The molecule has 2 aliphatic rings. The van der Waals surface area contributed by atoms with Crippen molar-refractivity contribution >= 4 is 0 Å². The molecular weight excluding hydrogens is 336 g/mol. The zero-order valence-corrected chi connectivity index (χ0v) is 18.9. The molecule has 2 fully saturated rings. The van der Waals surface area contributed by atoms with Crippen molar-refractivity contribution in [1.29, 1.82) is 0 Å². The van der Waals surface area contributed by atoms with E-state index in [2.05, 4.69) is 38.1 Å². The van der Waals surface area contributed by atoms with Crippen molar-refractivity contribution in [1.82, 2.24) is 0 Å². The van der Waals surface area contributed by atoms with Crippen molar-refractivity contribution < 1.29 is 0 Å². The molecule has 3 rings (SSSR count). The Bertz CT molecular complexity index is 511. The molecule has 0 amide bonds. The Morgan fingerprint density at radius 2 is 1.14 bits per heavy atom. The SMILES string of the molecule is CCCCCC[C@H]1CC[C@H]([C@H]2CC[C@H](CCc3ccc(CC)cc3)CC2)CC1. The molecule has 158 valence electrons.